The smallest absolute Gasteiger partial charge is 0.214 e. The zero-order valence-corrected chi connectivity index (χ0v) is 22.4. The minimum absolute atomic E-state index is 0.714. The van der Waals surface area contributed by atoms with E-state index in [2.05, 4.69) is 70.7 Å². The van der Waals surface area contributed by atoms with E-state index in [-0.39, 0.29) is 0 Å². The molecule has 4 nitrogen and oxygen atoms in total. The Morgan fingerprint density at radius 3 is 2.32 bits per heavy atom. The summed E-state index contributed by atoms with van der Waals surface area (Å²) in [6.45, 7) is 5.49. The van der Waals surface area contributed by atoms with Gasteiger partial charge in [0.25, 0.3) is 0 Å². The number of allylic oxidation sites excluding steroid dienone is 1. The van der Waals surface area contributed by atoms with Crippen LogP contribution in [0.3, 0.4) is 0 Å². The lowest BCUT2D eigenvalue weighted by atomic mass is 9.76. The minimum atomic E-state index is -0.740. The molecule has 3 aliphatic heterocycles. The summed E-state index contributed by atoms with van der Waals surface area (Å²) in [6, 6.07) is 17.5. The van der Waals surface area contributed by atoms with Crippen molar-refractivity contribution in [2.45, 2.75) is 70.5 Å². The van der Waals surface area contributed by atoms with Crippen molar-refractivity contribution in [3.63, 3.8) is 0 Å². The second kappa shape index (κ2) is 9.59. The molecule has 1 aliphatic carbocycles. The number of aryl methyl sites for hydroxylation is 2. The second-order valence-electron chi connectivity index (χ2n) is 11.5. The summed E-state index contributed by atoms with van der Waals surface area (Å²) in [7, 11) is 0. The lowest BCUT2D eigenvalue weighted by molar-refractivity contribution is -0.436. The highest BCUT2D eigenvalue weighted by atomic mass is 16.3. The van der Waals surface area contributed by atoms with Gasteiger partial charge in [0.1, 0.15) is 31.8 Å². The molecule has 2 atom stereocenters. The summed E-state index contributed by atoms with van der Waals surface area (Å²) in [4.78, 5) is 0. The molecular formula is C34H38N2O2+2. The van der Waals surface area contributed by atoms with Crippen molar-refractivity contribution in [1.82, 2.24) is 4.58 Å². The number of rotatable bonds is 6. The number of aliphatic hydroxyl groups is 2. The standard InChI is InChI=1S/C34H38N2O2/c1-2-3-4-5-18-36-28-15-7-11-22-10-6-14-26(30(22)28)29(36)21-27-33(37)31(34(27)38)25-19-23-12-8-16-35-17-9-13-24(20-25)32(23)35/h6-7,10-11,14-15,19-21,33-34,37-38H,2-5,8-9,12-13,16-18H2,1H3/q+2. The van der Waals surface area contributed by atoms with E-state index in [1.165, 1.54) is 70.6 Å². The van der Waals surface area contributed by atoms with E-state index in [1.807, 2.05) is 0 Å². The highest BCUT2D eigenvalue weighted by molar-refractivity contribution is 6.20. The maximum atomic E-state index is 11.4. The molecule has 38 heavy (non-hydrogen) atoms. The number of benzene rings is 3. The number of nitrogens with zero attached hydrogens (tertiary/aromatic N) is 2. The zero-order valence-electron chi connectivity index (χ0n) is 22.4. The predicted octanol–water partition coefficient (Wildman–Crippen LogP) is 3.76. The van der Waals surface area contributed by atoms with E-state index >= 15 is 0 Å². The van der Waals surface area contributed by atoms with E-state index in [1.54, 1.807) is 0 Å². The van der Waals surface area contributed by atoms with Gasteiger partial charge in [-0.3, -0.25) is 0 Å². The van der Waals surface area contributed by atoms with Crippen molar-refractivity contribution in [1.29, 1.82) is 0 Å². The minimum Gasteiger partial charge on any atom is -0.384 e. The van der Waals surface area contributed by atoms with Crippen LogP contribution in [0.2, 0.25) is 0 Å². The van der Waals surface area contributed by atoms with Gasteiger partial charge in [0, 0.05) is 53.7 Å². The molecule has 1 saturated carbocycles. The number of hydrogen-bond donors (Lipinski definition) is 2. The first-order valence-corrected chi connectivity index (χ1v) is 14.7. The van der Waals surface area contributed by atoms with Gasteiger partial charge in [-0.15, -0.1) is 0 Å². The largest absolute Gasteiger partial charge is 0.384 e. The summed E-state index contributed by atoms with van der Waals surface area (Å²) < 4.78 is 4.95. The quantitative estimate of drug-likeness (QED) is 0.395. The maximum absolute atomic E-state index is 11.4. The van der Waals surface area contributed by atoms with Gasteiger partial charge in [-0.05, 0) is 48.1 Å². The molecule has 7 rings (SSSR count). The molecule has 3 aromatic rings. The van der Waals surface area contributed by atoms with Crippen LogP contribution in [-0.2, 0) is 12.8 Å². The van der Waals surface area contributed by atoms with Gasteiger partial charge in [-0.1, -0.05) is 44.0 Å². The van der Waals surface area contributed by atoms with Crippen molar-refractivity contribution in [3.05, 3.63) is 87.4 Å². The van der Waals surface area contributed by atoms with Gasteiger partial charge in [-0.2, -0.15) is 4.58 Å². The Balaban J connectivity index is 1.31. The SMILES string of the molecule is CCCCCC[N+]1=C(C=C2C(O)C(=c3cc4c5c(c3)CCC[N+]=5CCC4)C2O)c2cccc3cccc1c23. The Labute approximate surface area is 224 Å². The van der Waals surface area contributed by atoms with Crippen LogP contribution in [0.1, 0.15) is 62.1 Å². The lowest BCUT2D eigenvalue weighted by Gasteiger charge is -2.35. The molecule has 1 fully saturated rings. The van der Waals surface area contributed by atoms with Crippen molar-refractivity contribution >= 4 is 27.7 Å². The molecule has 2 unspecified atom stereocenters. The third-order valence-electron chi connectivity index (χ3n) is 9.17. The third kappa shape index (κ3) is 3.72. The topological polar surface area (TPSA) is 46.5 Å². The monoisotopic (exact) mass is 506 g/mol. The van der Waals surface area contributed by atoms with E-state index in [0.717, 1.165) is 55.4 Å². The fraction of sp³-hybridized carbons (Fsp3) is 0.412. The molecule has 2 N–H and O–H groups in total. The number of aliphatic hydroxyl groups excluding tert-OH is 2. The van der Waals surface area contributed by atoms with Crippen molar-refractivity contribution < 1.29 is 14.8 Å². The van der Waals surface area contributed by atoms with Crippen LogP contribution in [-0.4, -0.2) is 52.3 Å². The molecule has 4 aliphatic rings. The molecule has 0 spiro atoms. The zero-order chi connectivity index (χ0) is 25.8. The Morgan fingerprint density at radius 1 is 0.895 bits per heavy atom. The van der Waals surface area contributed by atoms with Gasteiger partial charge in [-0.25, -0.2) is 4.58 Å². The molecule has 4 heteroatoms. The van der Waals surface area contributed by atoms with E-state index in [4.69, 9.17) is 0 Å². The average Bonchev–Trinajstić information content (AvgIpc) is 3.24. The first kappa shape index (κ1) is 24.0. The molecule has 0 bridgehead atoms. The van der Waals surface area contributed by atoms with Gasteiger partial charge in [0.05, 0.1) is 10.9 Å². The second-order valence-corrected chi connectivity index (χ2v) is 11.5. The third-order valence-corrected chi connectivity index (χ3v) is 9.17. The van der Waals surface area contributed by atoms with E-state index in [9.17, 15) is 10.2 Å². The van der Waals surface area contributed by atoms with Crippen LogP contribution < -0.4 is 15.2 Å². The van der Waals surface area contributed by atoms with Crippen molar-refractivity contribution in [3.8, 4) is 0 Å². The van der Waals surface area contributed by atoms with Crippen molar-refractivity contribution in [2.75, 3.05) is 19.6 Å². The van der Waals surface area contributed by atoms with Crippen LogP contribution in [0.5, 0.6) is 0 Å². The normalized spacial score (nSPS) is 21.7. The number of unbranched alkanes of at least 4 members (excludes halogenated alkanes) is 3. The molecule has 3 heterocycles. The molecule has 0 amide bonds. The molecule has 0 aromatic heterocycles. The first-order valence-electron chi connectivity index (χ1n) is 14.7. The molecular weight excluding hydrogens is 468 g/mol. The van der Waals surface area contributed by atoms with Gasteiger partial charge >= 0.3 is 0 Å². The fourth-order valence-electron chi connectivity index (χ4n) is 7.29. The Kier molecular flexibility index (Phi) is 6.05. The molecule has 194 valence electrons. The Morgan fingerprint density at radius 2 is 1.61 bits per heavy atom. The van der Waals surface area contributed by atoms with Crippen LogP contribution in [0, 0.1) is 0 Å². The summed E-state index contributed by atoms with van der Waals surface area (Å²) in [5, 5.41) is 27.8. The Hall–Kier alpha value is -3.08. The lowest BCUT2D eigenvalue weighted by Crippen LogP contribution is -2.47. The maximum Gasteiger partial charge on any atom is 0.214 e. The van der Waals surface area contributed by atoms with Crippen LogP contribution in [0.25, 0.3) is 16.3 Å². The van der Waals surface area contributed by atoms with Crippen LogP contribution in [0.4, 0.5) is 5.69 Å². The summed E-state index contributed by atoms with van der Waals surface area (Å²) >= 11 is 0. The Bertz CT molecular complexity index is 1590. The predicted molar refractivity (Wildman–Crippen MR) is 154 cm³/mol. The van der Waals surface area contributed by atoms with Crippen LogP contribution >= 0.6 is 0 Å². The van der Waals surface area contributed by atoms with Gasteiger partial charge < -0.3 is 10.2 Å². The van der Waals surface area contributed by atoms with E-state index in [0.29, 0.717) is 5.57 Å². The van der Waals surface area contributed by atoms with Gasteiger partial charge in [0.15, 0.2) is 0 Å². The molecule has 3 aromatic carbocycles. The van der Waals surface area contributed by atoms with E-state index < -0.39 is 12.2 Å². The highest BCUT2D eigenvalue weighted by Crippen LogP contribution is 2.39. The summed E-state index contributed by atoms with van der Waals surface area (Å²) in [5.41, 5.74) is 7.81. The van der Waals surface area contributed by atoms with Crippen LogP contribution in [0.15, 0.2) is 60.2 Å². The molecule has 0 radical (unpaired) electrons. The highest BCUT2D eigenvalue weighted by Gasteiger charge is 2.41. The van der Waals surface area contributed by atoms with Gasteiger partial charge in [0.2, 0.25) is 16.8 Å². The molecule has 0 saturated heterocycles. The fourth-order valence-corrected chi connectivity index (χ4v) is 7.29. The average molecular weight is 507 g/mol. The first-order chi connectivity index (χ1) is 18.7. The summed E-state index contributed by atoms with van der Waals surface area (Å²) in [6.07, 6.45) is 9.94. The van der Waals surface area contributed by atoms with Crippen molar-refractivity contribution in [2.24, 2.45) is 0 Å². The number of hydrogen-bond acceptors (Lipinski definition) is 2. The summed E-state index contributed by atoms with van der Waals surface area (Å²) in [5.74, 6) is 0.